The molecule has 0 aromatic heterocycles. The summed E-state index contributed by atoms with van der Waals surface area (Å²) in [6, 6.07) is 2.07. The van der Waals surface area contributed by atoms with E-state index in [1.54, 1.807) is 4.90 Å². The summed E-state index contributed by atoms with van der Waals surface area (Å²) in [4.78, 5) is 24.6. The molecule has 23 heavy (non-hydrogen) atoms. The summed E-state index contributed by atoms with van der Waals surface area (Å²) in [6.45, 7) is 4.33. The molecule has 0 saturated carbocycles. The zero-order valence-corrected chi connectivity index (χ0v) is 13.9. The monoisotopic (exact) mass is 345 g/mol. The van der Waals surface area contributed by atoms with Crippen LogP contribution >= 0.6 is 12.4 Å². The third-order valence-corrected chi connectivity index (χ3v) is 4.25. The van der Waals surface area contributed by atoms with Gasteiger partial charge in [0.25, 0.3) is 11.6 Å². The second kappa shape index (κ2) is 7.70. The minimum atomic E-state index is -0.642. The summed E-state index contributed by atoms with van der Waals surface area (Å²) in [5.74, 6) is -0.789. The highest BCUT2D eigenvalue weighted by molar-refractivity contribution is 5.98. The summed E-state index contributed by atoms with van der Waals surface area (Å²) in [5.41, 5.74) is 5.51. The van der Waals surface area contributed by atoms with Gasteiger partial charge >= 0.3 is 0 Å². The lowest BCUT2D eigenvalue weighted by Crippen LogP contribution is -2.42. The van der Waals surface area contributed by atoms with E-state index < -0.39 is 16.6 Å². The number of nitrogens with zero attached hydrogens (tertiary/aromatic N) is 2. The zero-order chi connectivity index (χ0) is 16.4. The van der Waals surface area contributed by atoms with Crippen LogP contribution in [0.3, 0.4) is 0 Å². The molecule has 0 bridgehead atoms. The smallest absolute Gasteiger partial charge is 0.285 e. The van der Waals surface area contributed by atoms with E-state index in [0.717, 1.165) is 25.0 Å². The molecule has 1 amide bonds. The lowest BCUT2D eigenvalue weighted by atomic mass is 9.90. The van der Waals surface area contributed by atoms with Crippen molar-refractivity contribution in [2.45, 2.75) is 32.7 Å². The van der Waals surface area contributed by atoms with Crippen molar-refractivity contribution in [2.75, 3.05) is 13.1 Å². The number of carbonyl (C=O) groups excluding carboxylic acids is 1. The number of carbonyl (C=O) groups is 1. The van der Waals surface area contributed by atoms with E-state index in [1.807, 2.05) is 6.92 Å². The Morgan fingerprint density at radius 1 is 1.43 bits per heavy atom. The Kier molecular flexibility index (Phi) is 6.47. The molecule has 0 spiro atoms. The minimum Gasteiger partial charge on any atom is -0.338 e. The normalized spacial score (nSPS) is 16.6. The number of rotatable bonds is 3. The fourth-order valence-corrected chi connectivity index (χ4v) is 2.94. The van der Waals surface area contributed by atoms with Gasteiger partial charge in [0.05, 0.1) is 4.92 Å². The fourth-order valence-electron chi connectivity index (χ4n) is 2.94. The standard InChI is InChI=1S/C15H20FN3O3.ClH/c1-9-7-12(16)8-13(14(9)19(21)22)15(20)18-5-3-11(4-6-18)10(2)17;/h7-8,10-11H,3-6,17H2,1-2H3;1H. The van der Waals surface area contributed by atoms with Crippen molar-refractivity contribution in [3.8, 4) is 0 Å². The topological polar surface area (TPSA) is 89.5 Å². The maximum atomic E-state index is 13.6. The third kappa shape index (κ3) is 4.17. The summed E-state index contributed by atoms with van der Waals surface area (Å²) in [7, 11) is 0. The number of hydrogen-bond acceptors (Lipinski definition) is 4. The van der Waals surface area contributed by atoms with Crippen LogP contribution in [0.5, 0.6) is 0 Å². The predicted molar refractivity (Wildman–Crippen MR) is 87.3 cm³/mol. The Hall–Kier alpha value is -1.73. The second-order valence-electron chi connectivity index (χ2n) is 5.86. The molecule has 8 heteroatoms. The fraction of sp³-hybridized carbons (Fsp3) is 0.533. The number of likely N-dealkylation sites (tertiary alicyclic amines) is 1. The van der Waals surface area contributed by atoms with Gasteiger partial charge in [-0.05, 0) is 44.7 Å². The first-order chi connectivity index (χ1) is 10.3. The molecule has 0 aliphatic carbocycles. The Bertz CT molecular complexity index is 602. The van der Waals surface area contributed by atoms with Gasteiger partial charge in [0.1, 0.15) is 11.4 Å². The quantitative estimate of drug-likeness (QED) is 0.673. The van der Waals surface area contributed by atoms with Gasteiger partial charge in [0.15, 0.2) is 0 Å². The molecule has 1 aliphatic rings. The molecule has 0 radical (unpaired) electrons. The van der Waals surface area contributed by atoms with E-state index in [-0.39, 0.29) is 35.3 Å². The van der Waals surface area contributed by atoms with E-state index in [1.165, 1.54) is 6.92 Å². The van der Waals surface area contributed by atoms with Gasteiger partial charge in [-0.3, -0.25) is 14.9 Å². The molecule has 2 N–H and O–H groups in total. The number of nitrogens with two attached hydrogens (primary N) is 1. The van der Waals surface area contributed by atoms with E-state index >= 15 is 0 Å². The minimum absolute atomic E-state index is 0. The van der Waals surface area contributed by atoms with Gasteiger partial charge in [-0.1, -0.05) is 0 Å². The van der Waals surface area contributed by atoms with E-state index in [4.69, 9.17) is 5.73 Å². The molecule has 2 rings (SSSR count). The van der Waals surface area contributed by atoms with E-state index in [9.17, 15) is 19.3 Å². The molecule has 6 nitrogen and oxygen atoms in total. The third-order valence-electron chi connectivity index (χ3n) is 4.25. The van der Waals surface area contributed by atoms with Crippen molar-refractivity contribution < 1.29 is 14.1 Å². The largest absolute Gasteiger partial charge is 0.338 e. The predicted octanol–water partition coefficient (Wildman–Crippen LogP) is 2.66. The number of nitro groups is 1. The number of nitro benzene ring substituents is 1. The zero-order valence-electron chi connectivity index (χ0n) is 13.1. The summed E-state index contributed by atoms with van der Waals surface area (Å²) < 4.78 is 13.6. The van der Waals surface area contributed by atoms with Crippen molar-refractivity contribution in [1.29, 1.82) is 0 Å². The lowest BCUT2D eigenvalue weighted by molar-refractivity contribution is -0.385. The van der Waals surface area contributed by atoms with Crippen molar-refractivity contribution in [1.82, 2.24) is 4.90 Å². The molecule has 1 heterocycles. The van der Waals surface area contributed by atoms with Crippen LogP contribution < -0.4 is 5.73 Å². The number of hydrogen-bond donors (Lipinski definition) is 1. The number of benzene rings is 1. The molecule has 1 fully saturated rings. The van der Waals surface area contributed by atoms with Gasteiger partial charge in [0, 0.05) is 24.7 Å². The number of aryl methyl sites for hydroxylation is 1. The van der Waals surface area contributed by atoms with Crippen LogP contribution in [0.15, 0.2) is 12.1 Å². The van der Waals surface area contributed by atoms with Crippen molar-refractivity contribution in [2.24, 2.45) is 11.7 Å². The van der Waals surface area contributed by atoms with Crippen molar-refractivity contribution >= 4 is 24.0 Å². The highest BCUT2D eigenvalue weighted by Gasteiger charge is 2.30. The van der Waals surface area contributed by atoms with E-state index in [2.05, 4.69) is 0 Å². The van der Waals surface area contributed by atoms with Crippen LogP contribution in [0.25, 0.3) is 0 Å². The van der Waals surface area contributed by atoms with Gasteiger partial charge in [-0.15, -0.1) is 12.4 Å². The first kappa shape index (κ1) is 19.3. The Morgan fingerprint density at radius 2 is 2.00 bits per heavy atom. The maximum absolute atomic E-state index is 13.6. The second-order valence-corrected chi connectivity index (χ2v) is 5.86. The van der Waals surface area contributed by atoms with Crippen LogP contribution in [-0.2, 0) is 0 Å². The number of halogens is 2. The summed E-state index contributed by atoms with van der Waals surface area (Å²) >= 11 is 0. The van der Waals surface area contributed by atoms with Gasteiger partial charge in [-0.25, -0.2) is 4.39 Å². The Morgan fingerprint density at radius 3 is 2.48 bits per heavy atom. The molecule has 1 aromatic carbocycles. The summed E-state index contributed by atoms with van der Waals surface area (Å²) in [6.07, 6.45) is 1.51. The molecule has 1 saturated heterocycles. The highest BCUT2D eigenvalue weighted by Crippen LogP contribution is 2.28. The van der Waals surface area contributed by atoms with Gasteiger partial charge < -0.3 is 10.6 Å². The molecule has 1 aromatic rings. The SMILES string of the molecule is Cc1cc(F)cc(C(=O)N2CCC(C(C)N)CC2)c1[N+](=O)[O-].Cl. The van der Waals surface area contributed by atoms with Crippen LogP contribution in [0.1, 0.15) is 35.7 Å². The van der Waals surface area contributed by atoms with E-state index in [0.29, 0.717) is 19.0 Å². The van der Waals surface area contributed by atoms with Crippen LogP contribution in [0.2, 0.25) is 0 Å². The number of amides is 1. The van der Waals surface area contributed by atoms with Crippen LogP contribution in [-0.4, -0.2) is 34.9 Å². The average molecular weight is 346 g/mol. The molecule has 1 atom stereocenters. The first-order valence-corrected chi connectivity index (χ1v) is 7.30. The van der Waals surface area contributed by atoms with Gasteiger partial charge in [-0.2, -0.15) is 0 Å². The van der Waals surface area contributed by atoms with Crippen molar-refractivity contribution in [3.63, 3.8) is 0 Å². The highest BCUT2D eigenvalue weighted by atomic mass is 35.5. The number of piperidine rings is 1. The molecule has 1 aliphatic heterocycles. The first-order valence-electron chi connectivity index (χ1n) is 7.30. The van der Waals surface area contributed by atoms with Crippen molar-refractivity contribution in [3.05, 3.63) is 39.2 Å². The van der Waals surface area contributed by atoms with Gasteiger partial charge in [0.2, 0.25) is 0 Å². The molecular formula is C15H21ClFN3O3. The van der Waals surface area contributed by atoms with Crippen LogP contribution in [0.4, 0.5) is 10.1 Å². The molecule has 1 unspecified atom stereocenters. The molecule has 128 valence electrons. The average Bonchev–Trinajstić information content (AvgIpc) is 2.45. The Balaban J connectivity index is 0.00000264. The summed E-state index contributed by atoms with van der Waals surface area (Å²) in [5, 5.41) is 11.2. The molecular weight excluding hydrogens is 325 g/mol. The van der Waals surface area contributed by atoms with Crippen LogP contribution in [0, 0.1) is 28.8 Å². The Labute approximate surface area is 140 Å². The lowest BCUT2D eigenvalue weighted by Gasteiger charge is -2.33. The maximum Gasteiger partial charge on any atom is 0.285 e.